The molecule has 3 aliphatic heterocycles. The van der Waals surface area contributed by atoms with Crippen LogP contribution < -0.4 is 15.3 Å². The number of phenols is 1. The monoisotopic (exact) mass is 624 g/mol. The van der Waals surface area contributed by atoms with Gasteiger partial charge in [0, 0.05) is 30.1 Å². The Balaban J connectivity index is 1.20. The van der Waals surface area contributed by atoms with Crippen LogP contribution in [0.25, 0.3) is 32.8 Å². The second-order valence-corrected chi connectivity index (χ2v) is 12.5. The van der Waals surface area contributed by atoms with Crippen molar-refractivity contribution in [2.45, 2.75) is 43.8 Å². The SMILES string of the molecule is CN1CCCC1COc1nc(N2CC3CCC(C2)N3C(=O)c2n[nH]c(=O)[nH]2)c2ccc(-c3cc(O)cc4ccccc34)c(F)c2n1. The first-order valence-electron chi connectivity index (χ1n) is 15.6. The topological polar surface area (TPSA) is 144 Å². The average molecular weight is 625 g/mol. The van der Waals surface area contributed by atoms with Crippen molar-refractivity contribution in [3.05, 3.63) is 70.7 Å². The van der Waals surface area contributed by atoms with E-state index in [-0.39, 0.29) is 47.1 Å². The third kappa shape index (κ3) is 4.82. The van der Waals surface area contributed by atoms with Gasteiger partial charge >= 0.3 is 11.7 Å². The molecule has 3 fully saturated rings. The Morgan fingerprint density at radius 2 is 1.85 bits per heavy atom. The Labute approximate surface area is 262 Å². The Morgan fingerprint density at radius 3 is 2.59 bits per heavy atom. The van der Waals surface area contributed by atoms with Gasteiger partial charge in [0.15, 0.2) is 5.82 Å². The van der Waals surface area contributed by atoms with Gasteiger partial charge in [0.25, 0.3) is 5.91 Å². The number of aromatic nitrogens is 5. The maximum Gasteiger partial charge on any atom is 0.341 e. The van der Waals surface area contributed by atoms with Gasteiger partial charge in [-0.15, -0.1) is 5.10 Å². The van der Waals surface area contributed by atoms with Gasteiger partial charge in [0.1, 0.15) is 23.7 Å². The molecule has 2 aromatic heterocycles. The number of carbonyl (C=O) groups is 1. The Hall–Kier alpha value is -5.04. The predicted molar refractivity (Wildman–Crippen MR) is 170 cm³/mol. The number of piperazine rings is 1. The number of likely N-dealkylation sites (tertiary alicyclic amines) is 1. The lowest BCUT2D eigenvalue weighted by molar-refractivity contribution is 0.0628. The molecule has 5 aromatic rings. The van der Waals surface area contributed by atoms with E-state index in [1.807, 2.05) is 30.3 Å². The standard InChI is InChI=1S/C33H33FN8O4/c1-40-12-4-6-21(40)17-46-33-35-28-25(11-10-24(27(28)34)26-14-22(43)13-18-5-2-3-7-23(18)26)30(37-33)41-15-19-8-9-20(16-41)42(19)31(44)29-36-32(45)39-38-29/h2-3,5,7,10-11,13-14,19-21,43H,4,6,8-9,12,15-17H2,1H3,(H2,36,38,39,45). The van der Waals surface area contributed by atoms with Gasteiger partial charge in [-0.05, 0) is 73.8 Å². The number of hydrogen-bond acceptors (Lipinski definition) is 9. The highest BCUT2D eigenvalue weighted by Crippen LogP contribution is 2.40. The van der Waals surface area contributed by atoms with Gasteiger partial charge in [0.2, 0.25) is 5.82 Å². The number of aromatic hydroxyl groups is 1. The summed E-state index contributed by atoms with van der Waals surface area (Å²) in [6.07, 6.45) is 3.65. The maximum absolute atomic E-state index is 16.7. The number of rotatable bonds is 6. The fourth-order valence-corrected chi connectivity index (χ4v) is 7.42. The molecule has 3 aromatic carbocycles. The van der Waals surface area contributed by atoms with Crippen LogP contribution in [0.15, 0.2) is 53.3 Å². The molecule has 0 aliphatic carbocycles. The number of carbonyl (C=O) groups excluding carboxylic acids is 1. The summed E-state index contributed by atoms with van der Waals surface area (Å²) in [5.41, 5.74) is 0.476. The first kappa shape index (κ1) is 28.4. The summed E-state index contributed by atoms with van der Waals surface area (Å²) in [4.78, 5) is 43.0. The number of nitrogens with one attached hydrogen (secondary N) is 2. The Morgan fingerprint density at radius 1 is 1.04 bits per heavy atom. The molecule has 8 rings (SSSR count). The van der Waals surface area contributed by atoms with Crippen LogP contribution in [0.3, 0.4) is 0 Å². The summed E-state index contributed by atoms with van der Waals surface area (Å²) >= 11 is 0. The first-order chi connectivity index (χ1) is 22.3. The summed E-state index contributed by atoms with van der Waals surface area (Å²) in [5, 5.41) is 18.7. The van der Waals surface area contributed by atoms with Crippen molar-refractivity contribution in [3.8, 4) is 22.9 Å². The van der Waals surface area contributed by atoms with E-state index in [4.69, 9.17) is 9.72 Å². The number of anilines is 1. The molecule has 0 saturated carbocycles. The molecular weight excluding hydrogens is 591 g/mol. The number of H-pyrrole nitrogens is 2. The molecule has 3 N–H and O–H groups in total. The number of benzene rings is 3. The van der Waals surface area contributed by atoms with Crippen molar-refractivity contribution < 1.29 is 19.0 Å². The van der Waals surface area contributed by atoms with Crippen LogP contribution in [0, 0.1) is 5.82 Å². The van der Waals surface area contributed by atoms with E-state index in [1.54, 1.807) is 23.1 Å². The highest BCUT2D eigenvalue weighted by molar-refractivity contribution is 6.01. The number of ether oxygens (including phenoxy) is 1. The van der Waals surface area contributed by atoms with Gasteiger partial charge in [-0.3, -0.25) is 9.78 Å². The van der Waals surface area contributed by atoms with E-state index in [1.165, 1.54) is 0 Å². The smallest absolute Gasteiger partial charge is 0.341 e. The van der Waals surface area contributed by atoms with Crippen molar-refractivity contribution in [3.63, 3.8) is 0 Å². The second-order valence-electron chi connectivity index (χ2n) is 12.5. The lowest BCUT2D eigenvalue weighted by atomic mass is 9.96. The van der Waals surface area contributed by atoms with E-state index in [0.717, 1.165) is 43.0 Å². The molecule has 1 amide bonds. The van der Waals surface area contributed by atoms with E-state index in [0.29, 0.717) is 42.0 Å². The number of fused-ring (bicyclic) bond motifs is 4. The zero-order chi connectivity index (χ0) is 31.5. The summed E-state index contributed by atoms with van der Waals surface area (Å²) in [7, 11) is 2.06. The van der Waals surface area contributed by atoms with Crippen molar-refractivity contribution in [1.29, 1.82) is 0 Å². The molecule has 0 radical (unpaired) electrons. The molecule has 5 heterocycles. The van der Waals surface area contributed by atoms with Gasteiger partial charge < -0.3 is 24.5 Å². The summed E-state index contributed by atoms with van der Waals surface area (Å²) < 4.78 is 22.9. The van der Waals surface area contributed by atoms with Crippen LogP contribution in [0.4, 0.5) is 10.2 Å². The van der Waals surface area contributed by atoms with Crippen LogP contribution in [0.1, 0.15) is 36.3 Å². The van der Waals surface area contributed by atoms with Crippen molar-refractivity contribution in [2.75, 3.05) is 38.2 Å². The quantitative estimate of drug-likeness (QED) is 0.258. The molecule has 236 valence electrons. The molecule has 3 saturated heterocycles. The van der Waals surface area contributed by atoms with Crippen molar-refractivity contribution in [1.82, 2.24) is 34.9 Å². The minimum Gasteiger partial charge on any atom is -0.508 e. The minimum absolute atomic E-state index is 0.00974. The molecule has 3 atom stereocenters. The Kier molecular flexibility index (Phi) is 6.85. The zero-order valence-electron chi connectivity index (χ0n) is 25.2. The fourth-order valence-electron chi connectivity index (χ4n) is 7.42. The van der Waals surface area contributed by atoms with Crippen LogP contribution >= 0.6 is 0 Å². The minimum atomic E-state index is -0.529. The molecule has 0 spiro atoms. The Bertz CT molecular complexity index is 2030. The number of aromatic amines is 2. The lowest BCUT2D eigenvalue weighted by Crippen LogP contribution is -2.56. The summed E-state index contributed by atoms with van der Waals surface area (Å²) in [6.45, 7) is 2.31. The van der Waals surface area contributed by atoms with Crippen LogP contribution in [0.5, 0.6) is 11.8 Å². The highest BCUT2D eigenvalue weighted by Gasteiger charge is 2.44. The van der Waals surface area contributed by atoms with E-state index < -0.39 is 11.5 Å². The van der Waals surface area contributed by atoms with Crippen LogP contribution in [-0.2, 0) is 0 Å². The van der Waals surface area contributed by atoms with Crippen LogP contribution in [0.2, 0.25) is 0 Å². The van der Waals surface area contributed by atoms with Crippen LogP contribution in [-0.4, -0.2) is 97.4 Å². The first-order valence-corrected chi connectivity index (χ1v) is 15.6. The zero-order valence-corrected chi connectivity index (χ0v) is 25.2. The molecule has 2 bridgehead atoms. The highest BCUT2D eigenvalue weighted by atomic mass is 19.1. The number of phenolic OH excluding ortho intramolecular Hbond substituents is 1. The molecular formula is C33H33FN8O4. The molecule has 3 unspecified atom stereocenters. The fraction of sp³-hybridized carbons (Fsp3) is 0.364. The number of nitrogens with zero attached hydrogens (tertiary/aromatic N) is 6. The number of halogens is 1. The largest absolute Gasteiger partial charge is 0.508 e. The van der Waals surface area contributed by atoms with E-state index >= 15 is 4.39 Å². The normalized spacial score (nSPS) is 21.5. The molecule has 12 nitrogen and oxygen atoms in total. The van der Waals surface area contributed by atoms with E-state index in [9.17, 15) is 14.7 Å². The maximum atomic E-state index is 16.7. The third-order valence-electron chi connectivity index (χ3n) is 9.70. The average Bonchev–Trinajstić information content (AvgIpc) is 3.75. The van der Waals surface area contributed by atoms with Crippen molar-refractivity contribution in [2.24, 2.45) is 0 Å². The number of likely N-dealkylation sites (N-methyl/N-ethyl adjacent to an activating group) is 1. The summed E-state index contributed by atoms with van der Waals surface area (Å²) in [5.74, 6) is -0.272. The number of amides is 1. The van der Waals surface area contributed by atoms with Gasteiger partial charge in [-0.1, -0.05) is 30.3 Å². The van der Waals surface area contributed by atoms with Gasteiger partial charge in [-0.2, -0.15) is 9.97 Å². The van der Waals surface area contributed by atoms with Crippen molar-refractivity contribution >= 4 is 33.4 Å². The third-order valence-corrected chi connectivity index (χ3v) is 9.70. The second kappa shape index (κ2) is 11.1. The molecule has 3 aliphatic rings. The summed E-state index contributed by atoms with van der Waals surface area (Å²) in [6, 6.07) is 14.3. The van der Waals surface area contributed by atoms with E-state index in [2.05, 4.69) is 37.0 Å². The van der Waals surface area contributed by atoms with Gasteiger partial charge in [-0.25, -0.2) is 14.3 Å². The lowest BCUT2D eigenvalue weighted by Gasteiger charge is -2.41. The number of hydrogen-bond donors (Lipinski definition) is 3. The predicted octanol–water partition coefficient (Wildman–Crippen LogP) is 3.67. The molecule has 46 heavy (non-hydrogen) atoms. The molecule has 13 heteroatoms. The van der Waals surface area contributed by atoms with Gasteiger partial charge in [0.05, 0.1) is 12.1 Å².